The molecule has 5 heteroatoms. The van der Waals surface area contributed by atoms with Gasteiger partial charge in [-0.05, 0) is 25.2 Å². The lowest BCUT2D eigenvalue weighted by Gasteiger charge is -2.19. The standard InChI is InChI=1S/C14H22N2O3/c1-3-6-11(4-2)16-14(19)15-9-10-7-5-8-12(10)13(17)18/h1,10-12H,4-9H2,2H3,(H,17,18)(H2,15,16,19). The van der Waals surface area contributed by atoms with Gasteiger partial charge in [-0.25, -0.2) is 4.79 Å². The molecule has 0 aromatic carbocycles. The first-order valence-corrected chi connectivity index (χ1v) is 6.79. The van der Waals surface area contributed by atoms with Crippen molar-refractivity contribution in [3.63, 3.8) is 0 Å². The molecular weight excluding hydrogens is 244 g/mol. The fourth-order valence-electron chi connectivity index (χ4n) is 2.51. The molecule has 0 aromatic heterocycles. The fourth-order valence-corrected chi connectivity index (χ4v) is 2.51. The third kappa shape index (κ3) is 4.82. The minimum Gasteiger partial charge on any atom is -0.481 e. The molecule has 0 saturated heterocycles. The zero-order valence-corrected chi connectivity index (χ0v) is 11.3. The maximum Gasteiger partial charge on any atom is 0.315 e. The largest absolute Gasteiger partial charge is 0.481 e. The zero-order valence-electron chi connectivity index (χ0n) is 11.3. The van der Waals surface area contributed by atoms with E-state index in [1.807, 2.05) is 6.92 Å². The van der Waals surface area contributed by atoms with Crippen LogP contribution in [-0.2, 0) is 4.79 Å². The van der Waals surface area contributed by atoms with Gasteiger partial charge < -0.3 is 15.7 Å². The molecule has 106 valence electrons. The lowest BCUT2D eigenvalue weighted by molar-refractivity contribution is -0.142. The van der Waals surface area contributed by atoms with Crippen LogP contribution in [0, 0.1) is 24.2 Å². The van der Waals surface area contributed by atoms with Gasteiger partial charge in [0.15, 0.2) is 0 Å². The lowest BCUT2D eigenvalue weighted by atomic mass is 9.96. The summed E-state index contributed by atoms with van der Waals surface area (Å²) in [6.07, 6.45) is 8.98. The van der Waals surface area contributed by atoms with Crippen LogP contribution in [-0.4, -0.2) is 29.7 Å². The molecule has 0 radical (unpaired) electrons. The SMILES string of the molecule is C#CCC(CC)NC(=O)NCC1CCCC1C(=O)O. The number of carbonyl (C=O) groups excluding carboxylic acids is 1. The van der Waals surface area contributed by atoms with Gasteiger partial charge in [0.2, 0.25) is 0 Å². The smallest absolute Gasteiger partial charge is 0.315 e. The Bertz CT molecular complexity index is 362. The van der Waals surface area contributed by atoms with Gasteiger partial charge in [0.1, 0.15) is 0 Å². The second kappa shape index (κ2) is 7.67. The molecule has 2 amide bonds. The van der Waals surface area contributed by atoms with Crippen LogP contribution in [0.1, 0.15) is 39.0 Å². The van der Waals surface area contributed by atoms with Gasteiger partial charge in [0, 0.05) is 19.0 Å². The van der Waals surface area contributed by atoms with Gasteiger partial charge in [-0.2, -0.15) is 0 Å². The van der Waals surface area contributed by atoms with Gasteiger partial charge in [-0.3, -0.25) is 4.79 Å². The Morgan fingerprint density at radius 3 is 2.79 bits per heavy atom. The number of hydrogen-bond acceptors (Lipinski definition) is 2. The van der Waals surface area contributed by atoms with E-state index in [2.05, 4.69) is 16.6 Å². The number of amides is 2. The quantitative estimate of drug-likeness (QED) is 0.639. The Hall–Kier alpha value is -1.70. The summed E-state index contributed by atoms with van der Waals surface area (Å²) in [4.78, 5) is 22.7. The van der Waals surface area contributed by atoms with Gasteiger partial charge >= 0.3 is 12.0 Å². The van der Waals surface area contributed by atoms with Crippen molar-refractivity contribution < 1.29 is 14.7 Å². The maximum atomic E-state index is 11.7. The lowest BCUT2D eigenvalue weighted by Crippen LogP contribution is -2.44. The minimum atomic E-state index is -0.761. The number of nitrogens with one attached hydrogen (secondary N) is 2. The molecule has 19 heavy (non-hydrogen) atoms. The van der Waals surface area contributed by atoms with Crippen LogP contribution in [0.4, 0.5) is 4.79 Å². The zero-order chi connectivity index (χ0) is 14.3. The minimum absolute atomic E-state index is 0.0242. The number of carboxylic acids is 1. The van der Waals surface area contributed by atoms with Gasteiger partial charge in [-0.1, -0.05) is 13.3 Å². The third-order valence-corrected chi connectivity index (χ3v) is 3.69. The molecule has 3 unspecified atom stereocenters. The molecule has 0 heterocycles. The van der Waals surface area contributed by atoms with Crippen molar-refractivity contribution >= 4 is 12.0 Å². The van der Waals surface area contributed by atoms with E-state index in [-0.39, 0.29) is 23.9 Å². The van der Waals surface area contributed by atoms with Crippen LogP contribution in [0.2, 0.25) is 0 Å². The van der Waals surface area contributed by atoms with Crippen molar-refractivity contribution in [1.29, 1.82) is 0 Å². The van der Waals surface area contributed by atoms with E-state index in [4.69, 9.17) is 11.5 Å². The van der Waals surface area contributed by atoms with E-state index < -0.39 is 5.97 Å². The van der Waals surface area contributed by atoms with Crippen molar-refractivity contribution in [1.82, 2.24) is 10.6 Å². The van der Waals surface area contributed by atoms with Crippen molar-refractivity contribution in [3.8, 4) is 12.3 Å². The first-order chi connectivity index (χ1) is 9.08. The summed E-state index contributed by atoms with van der Waals surface area (Å²) >= 11 is 0. The summed E-state index contributed by atoms with van der Waals surface area (Å²) in [6.45, 7) is 2.37. The van der Waals surface area contributed by atoms with Crippen LogP contribution in [0.25, 0.3) is 0 Å². The summed E-state index contributed by atoms with van der Waals surface area (Å²) in [7, 11) is 0. The molecule has 1 saturated carbocycles. The van der Waals surface area contributed by atoms with Crippen molar-refractivity contribution in [2.75, 3.05) is 6.54 Å². The van der Waals surface area contributed by atoms with Crippen molar-refractivity contribution in [2.24, 2.45) is 11.8 Å². The molecule has 5 nitrogen and oxygen atoms in total. The highest BCUT2D eigenvalue weighted by Crippen LogP contribution is 2.31. The number of urea groups is 1. The first kappa shape index (κ1) is 15.4. The van der Waals surface area contributed by atoms with Crippen molar-refractivity contribution in [2.45, 2.75) is 45.1 Å². The number of terminal acetylenes is 1. The van der Waals surface area contributed by atoms with Crippen LogP contribution in [0.3, 0.4) is 0 Å². The maximum absolute atomic E-state index is 11.7. The van der Waals surface area contributed by atoms with Gasteiger partial charge in [0.25, 0.3) is 0 Å². The van der Waals surface area contributed by atoms with E-state index in [1.54, 1.807) is 0 Å². The Morgan fingerprint density at radius 1 is 1.47 bits per heavy atom. The third-order valence-electron chi connectivity index (χ3n) is 3.69. The summed E-state index contributed by atoms with van der Waals surface area (Å²) in [5.41, 5.74) is 0. The average molecular weight is 266 g/mol. The first-order valence-electron chi connectivity index (χ1n) is 6.79. The van der Waals surface area contributed by atoms with Crippen LogP contribution >= 0.6 is 0 Å². The summed E-state index contributed by atoms with van der Waals surface area (Å²) in [6, 6.07) is -0.290. The highest BCUT2D eigenvalue weighted by Gasteiger charge is 2.32. The molecular formula is C14H22N2O3. The monoisotopic (exact) mass is 266 g/mol. The van der Waals surface area contributed by atoms with E-state index in [9.17, 15) is 9.59 Å². The second-order valence-electron chi connectivity index (χ2n) is 5.00. The molecule has 1 rings (SSSR count). The fraction of sp³-hybridized carbons (Fsp3) is 0.714. The number of carbonyl (C=O) groups is 2. The van der Waals surface area contributed by atoms with Crippen LogP contribution < -0.4 is 10.6 Å². The molecule has 3 N–H and O–H groups in total. The van der Waals surface area contributed by atoms with Crippen molar-refractivity contribution in [3.05, 3.63) is 0 Å². The predicted octanol–water partition coefficient (Wildman–Crippen LogP) is 1.59. The number of aliphatic carboxylic acids is 1. The number of hydrogen-bond donors (Lipinski definition) is 3. The Labute approximate surface area is 114 Å². The molecule has 1 aliphatic carbocycles. The molecule has 0 bridgehead atoms. The van der Waals surface area contributed by atoms with E-state index >= 15 is 0 Å². The Morgan fingerprint density at radius 2 is 2.21 bits per heavy atom. The highest BCUT2D eigenvalue weighted by atomic mass is 16.4. The second-order valence-corrected chi connectivity index (χ2v) is 5.00. The molecule has 0 aromatic rings. The van der Waals surface area contributed by atoms with Crippen LogP contribution in [0.15, 0.2) is 0 Å². The molecule has 0 spiro atoms. The summed E-state index contributed by atoms with van der Waals surface area (Å²) < 4.78 is 0. The predicted molar refractivity (Wildman–Crippen MR) is 72.5 cm³/mol. The Balaban J connectivity index is 2.33. The number of rotatable bonds is 6. The molecule has 3 atom stereocenters. The van der Waals surface area contributed by atoms with E-state index in [1.165, 1.54) is 0 Å². The van der Waals surface area contributed by atoms with E-state index in [0.717, 1.165) is 19.3 Å². The van der Waals surface area contributed by atoms with Gasteiger partial charge in [-0.15, -0.1) is 12.3 Å². The van der Waals surface area contributed by atoms with E-state index in [0.29, 0.717) is 19.4 Å². The molecule has 0 aliphatic heterocycles. The normalized spacial score (nSPS) is 23.4. The summed E-state index contributed by atoms with van der Waals surface area (Å²) in [5.74, 6) is 1.47. The average Bonchev–Trinajstić information content (AvgIpc) is 2.84. The Kier molecular flexibility index (Phi) is 6.20. The number of carboxylic acid groups (broad SMARTS) is 1. The summed E-state index contributed by atoms with van der Waals surface area (Å²) in [5, 5.41) is 14.6. The highest BCUT2D eigenvalue weighted by molar-refractivity contribution is 5.74. The van der Waals surface area contributed by atoms with Gasteiger partial charge in [0.05, 0.1) is 5.92 Å². The topological polar surface area (TPSA) is 78.4 Å². The van der Waals surface area contributed by atoms with Crippen LogP contribution in [0.5, 0.6) is 0 Å². The molecule has 1 aliphatic rings. The molecule has 1 fully saturated rings.